The molecule has 14 nitrogen and oxygen atoms in total. The van der Waals surface area contributed by atoms with Crippen molar-refractivity contribution in [3.05, 3.63) is 121 Å². The fourth-order valence-corrected chi connectivity index (χ4v) is 4.85. The number of phenols is 2. The van der Waals surface area contributed by atoms with Gasteiger partial charge >= 0.3 is 23.9 Å². The minimum atomic E-state index is -0.986. The second-order valence-corrected chi connectivity index (χ2v) is 11.6. The summed E-state index contributed by atoms with van der Waals surface area (Å²) in [6.45, 7) is 5.84. The van der Waals surface area contributed by atoms with Gasteiger partial charge in [0.25, 0.3) is 0 Å². The minimum Gasteiger partial charge on any atom is -0.504 e. The van der Waals surface area contributed by atoms with Gasteiger partial charge in [0.05, 0.1) is 14.2 Å². The van der Waals surface area contributed by atoms with E-state index in [9.17, 15) is 29.4 Å². The number of esters is 4. The van der Waals surface area contributed by atoms with Gasteiger partial charge in [0.2, 0.25) is 0 Å². The third-order valence-corrected chi connectivity index (χ3v) is 7.63. The van der Waals surface area contributed by atoms with Gasteiger partial charge < -0.3 is 48.1 Å². The molecule has 292 valence electrons. The van der Waals surface area contributed by atoms with Crippen molar-refractivity contribution in [2.45, 2.75) is 12.2 Å². The molecule has 2 N–H and O–H groups in total. The highest BCUT2D eigenvalue weighted by Gasteiger charge is 2.19. The predicted octanol–water partition coefficient (Wildman–Crippen LogP) is 5.73. The highest BCUT2D eigenvalue weighted by molar-refractivity contribution is 5.90. The van der Waals surface area contributed by atoms with Gasteiger partial charge in [-0.25, -0.2) is 19.2 Å². The lowest BCUT2D eigenvalue weighted by atomic mass is 10.1. The summed E-state index contributed by atoms with van der Waals surface area (Å²) in [6, 6.07) is 19.5. The van der Waals surface area contributed by atoms with Crippen molar-refractivity contribution in [1.29, 1.82) is 0 Å². The summed E-state index contributed by atoms with van der Waals surface area (Å²) >= 11 is 0. The molecule has 4 rings (SSSR count). The standard InChI is InChI=1S/C42H40O14/c1-5-39(45)55-31(25-53-41(47)18-12-27-10-16-34(43)37(20-27)49-3)23-51-30-14-15-33-29(22-30)8-7-9-36(33)52-24-32(56-40(46)6-2)26-54-42(48)19-13-28-11-17-35(44)38(21-28)50-4/h5-22,31-32,43-44H,1-2,23-26H2,3-4H3/b18-12+,19-13+. The molecular weight excluding hydrogens is 728 g/mol. The number of aromatic hydroxyl groups is 2. The molecule has 0 saturated carbocycles. The first-order valence-electron chi connectivity index (χ1n) is 16.9. The fourth-order valence-electron chi connectivity index (χ4n) is 4.85. The van der Waals surface area contributed by atoms with E-state index in [4.69, 9.17) is 37.9 Å². The van der Waals surface area contributed by atoms with Crippen molar-refractivity contribution < 1.29 is 67.3 Å². The number of hydrogen-bond acceptors (Lipinski definition) is 14. The molecule has 0 bridgehead atoms. The van der Waals surface area contributed by atoms with Crippen molar-refractivity contribution in [1.82, 2.24) is 0 Å². The molecule has 4 aromatic rings. The Balaban J connectivity index is 1.35. The highest BCUT2D eigenvalue weighted by Crippen LogP contribution is 2.30. The summed E-state index contributed by atoms with van der Waals surface area (Å²) in [6.07, 6.45) is 5.30. The van der Waals surface area contributed by atoms with Gasteiger partial charge in [-0.05, 0) is 77.2 Å². The van der Waals surface area contributed by atoms with Crippen molar-refractivity contribution >= 4 is 46.8 Å². The molecule has 0 spiro atoms. The molecule has 0 fully saturated rings. The number of methoxy groups -OCH3 is 2. The first-order valence-corrected chi connectivity index (χ1v) is 16.9. The lowest BCUT2D eigenvalue weighted by Crippen LogP contribution is -2.30. The van der Waals surface area contributed by atoms with Crippen LogP contribution in [0.3, 0.4) is 0 Å². The Morgan fingerprint density at radius 3 is 1.62 bits per heavy atom. The second kappa shape index (κ2) is 20.9. The highest BCUT2D eigenvalue weighted by atomic mass is 16.6. The maximum atomic E-state index is 12.4. The molecule has 2 unspecified atom stereocenters. The minimum absolute atomic E-state index is 0.0470. The normalized spacial score (nSPS) is 12.0. The molecule has 0 aliphatic heterocycles. The summed E-state index contributed by atoms with van der Waals surface area (Å²) in [5.74, 6) is -1.67. The summed E-state index contributed by atoms with van der Waals surface area (Å²) in [5, 5.41) is 20.9. The number of benzene rings is 4. The van der Waals surface area contributed by atoms with Crippen LogP contribution in [0, 0.1) is 0 Å². The SMILES string of the molecule is C=CC(=O)OC(COC(=O)/C=C/c1ccc(O)c(OC)c1)COc1ccc2c(OCC(COC(=O)/C=C/c3ccc(O)c(OC)c3)OC(=O)C=C)cccc2c1. The van der Waals surface area contributed by atoms with Crippen LogP contribution in [0.25, 0.3) is 22.9 Å². The number of fused-ring (bicyclic) bond motifs is 1. The van der Waals surface area contributed by atoms with Gasteiger partial charge in [0, 0.05) is 29.7 Å². The summed E-state index contributed by atoms with van der Waals surface area (Å²) in [7, 11) is 2.81. The average molecular weight is 769 g/mol. The van der Waals surface area contributed by atoms with E-state index in [1.54, 1.807) is 48.5 Å². The molecule has 56 heavy (non-hydrogen) atoms. The fraction of sp³-hybridized carbons (Fsp3) is 0.190. The molecule has 4 aromatic carbocycles. The molecule has 0 amide bonds. The van der Waals surface area contributed by atoms with E-state index in [1.807, 2.05) is 6.07 Å². The maximum Gasteiger partial charge on any atom is 0.330 e. The number of carbonyl (C=O) groups excluding carboxylic acids is 4. The number of ether oxygens (including phenoxy) is 8. The molecular formula is C42H40O14. The first-order chi connectivity index (χ1) is 27.0. The predicted molar refractivity (Wildman–Crippen MR) is 204 cm³/mol. The zero-order valence-electron chi connectivity index (χ0n) is 30.6. The van der Waals surface area contributed by atoms with Crippen molar-refractivity contribution in [3.8, 4) is 34.5 Å². The van der Waals surface area contributed by atoms with E-state index >= 15 is 0 Å². The molecule has 0 heterocycles. The second-order valence-electron chi connectivity index (χ2n) is 11.6. The molecule has 0 aliphatic carbocycles. The molecule has 2 atom stereocenters. The Hall–Kier alpha value is -7.22. The molecule has 0 saturated heterocycles. The maximum absolute atomic E-state index is 12.4. The van der Waals surface area contributed by atoms with Crippen molar-refractivity contribution in [2.75, 3.05) is 40.6 Å². The van der Waals surface area contributed by atoms with E-state index in [0.717, 1.165) is 12.2 Å². The quantitative estimate of drug-likeness (QED) is 0.0631. The molecule has 0 aliphatic rings. The molecule has 0 aromatic heterocycles. The smallest absolute Gasteiger partial charge is 0.330 e. The van der Waals surface area contributed by atoms with E-state index in [-0.39, 0.29) is 49.4 Å². The van der Waals surface area contributed by atoms with E-state index < -0.39 is 36.1 Å². The zero-order chi connectivity index (χ0) is 40.5. The van der Waals surface area contributed by atoms with Gasteiger partial charge in [0.15, 0.2) is 35.2 Å². The van der Waals surface area contributed by atoms with Gasteiger partial charge in [-0.15, -0.1) is 0 Å². The average Bonchev–Trinajstić information content (AvgIpc) is 3.21. The number of hydrogen-bond donors (Lipinski definition) is 2. The van der Waals surface area contributed by atoms with Crippen LogP contribution in [0.5, 0.6) is 34.5 Å². The van der Waals surface area contributed by atoms with Gasteiger partial charge in [-0.3, -0.25) is 0 Å². The van der Waals surface area contributed by atoms with Crippen LogP contribution in [0.15, 0.2) is 110 Å². The Morgan fingerprint density at radius 2 is 1.12 bits per heavy atom. The molecule has 0 radical (unpaired) electrons. The lowest BCUT2D eigenvalue weighted by molar-refractivity contribution is -0.154. The largest absolute Gasteiger partial charge is 0.504 e. The third-order valence-electron chi connectivity index (χ3n) is 7.63. The van der Waals surface area contributed by atoms with Crippen molar-refractivity contribution in [2.24, 2.45) is 0 Å². The molecule has 14 heteroatoms. The lowest BCUT2D eigenvalue weighted by Gasteiger charge is -2.19. The Morgan fingerprint density at radius 1 is 0.607 bits per heavy atom. The van der Waals surface area contributed by atoms with Gasteiger partial charge in [-0.1, -0.05) is 37.4 Å². The third kappa shape index (κ3) is 12.7. The zero-order valence-corrected chi connectivity index (χ0v) is 30.6. The number of carbonyl (C=O) groups is 4. The Bertz CT molecular complexity index is 2100. The van der Waals surface area contributed by atoms with Crippen LogP contribution in [0.2, 0.25) is 0 Å². The Labute approximate surface area is 322 Å². The Kier molecular flexibility index (Phi) is 15.5. The van der Waals surface area contributed by atoms with Gasteiger partial charge in [0.1, 0.15) is 37.9 Å². The first kappa shape index (κ1) is 41.5. The van der Waals surface area contributed by atoms with Crippen LogP contribution in [-0.2, 0) is 38.1 Å². The van der Waals surface area contributed by atoms with Crippen LogP contribution in [-0.4, -0.2) is 86.9 Å². The van der Waals surface area contributed by atoms with Crippen LogP contribution in [0.1, 0.15) is 11.1 Å². The number of rotatable bonds is 20. The van der Waals surface area contributed by atoms with Crippen LogP contribution < -0.4 is 18.9 Å². The monoisotopic (exact) mass is 768 g/mol. The summed E-state index contributed by atoms with van der Waals surface area (Å²) < 4.78 is 43.3. The van der Waals surface area contributed by atoms with E-state index in [1.165, 1.54) is 56.7 Å². The van der Waals surface area contributed by atoms with E-state index in [0.29, 0.717) is 33.4 Å². The number of phenolic OH excluding ortho intramolecular Hbond substituents is 2. The summed E-state index contributed by atoms with van der Waals surface area (Å²) in [4.78, 5) is 48.9. The van der Waals surface area contributed by atoms with Crippen LogP contribution in [0.4, 0.5) is 0 Å². The van der Waals surface area contributed by atoms with Gasteiger partial charge in [-0.2, -0.15) is 0 Å². The van der Waals surface area contributed by atoms with Crippen LogP contribution >= 0.6 is 0 Å². The van der Waals surface area contributed by atoms with E-state index in [2.05, 4.69) is 13.2 Å². The topological polar surface area (TPSA) is 183 Å². The summed E-state index contributed by atoms with van der Waals surface area (Å²) in [5.41, 5.74) is 1.16. The van der Waals surface area contributed by atoms with Crippen molar-refractivity contribution in [3.63, 3.8) is 0 Å².